The van der Waals surface area contributed by atoms with Gasteiger partial charge in [-0.25, -0.2) is 0 Å². The third-order valence-electron chi connectivity index (χ3n) is 4.47. The van der Waals surface area contributed by atoms with Crippen LogP contribution in [0.25, 0.3) is 16.3 Å². The van der Waals surface area contributed by atoms with Gasteiger partial charge >= 0.3 is 0 Å². The standard InChI is InChI=1S/C21H15ClN2O2/c1-24-20(25)18(14-9-11-15(22)12-10-14)19(21(24)26)23-17-8-4-6-13-5-2-3-7-16(13)17/h2-12,23H,1H3. The Bertz CT molecular complexity index is 1070. The summed E-state index contributed by atoms with van der Waals surface area (Å²) in [6.07, 6.45) is 0. The van der Waals surface area contributed by atoms with Gasteiger partial charge in [-0.15, -0.1) is 0 Å². The Morgan fingerprint density at radius 1 is 0.846 bits per heavy atom. The van der Waals surface area contributed by atoms with Gasteiger partial charge in [0.25, 0.3) is 11.8 Å². The van der Waals surface area contributed by atoms with Gasteiger partial charge in [-0.1, -0.05) is 60.1 Å². The maximum Gasteiger partial charge on any atom is 0.277 e. The molecule has 1 heterocycles. The van der Waals surface area contributed by atoms with Crippen molar-refractivity contribution in [1.29, 1.82) is 0 Å². The van der Waals surface area contributed by atoms with Crippen LogP contribution in [0.3, 0.4) is 0 Å². The number of benzene rings is 3. The van der Waals surface area contributed by atoms with Crippen LogP contribution in [-0.2, 0) is 9.59 Å². The number of hydrogen-bond acceptors (Lipinski definition) is 3. The fourth-order valence-electron chi connectivity index (χ4n) is 3.11. The molecule has 1 N–H and O–H groups in total. The maximum absolute atomic E-state index is 12.7. The molecule has 0 saturated carbocycles. The number of rotatable bonds is 3. The number of halogens is 1. The van der Waals surface area contributed by atoms with Crippen molar-refractivity contribution in [3.8, 4) is 0 Å². The molecular weight excluding hydrogens is 348 g/mol. The van der Waals surface area contributed by atoms with Gasteiger partial charge in [0.15, 0.2) is 0 Å². The van der Waals surface area contributed by atoms with Crippen molar-refractivity contribution in [3.63, 3.8) is 0 Å². The van der Waals surface area contributed by atoms with Crippen LogP contribution in [0.1, 0.15) is 5.56 Å². The number of anilines is 1. The van der Waals surface area contributed by atoms with Crippen molar-refractivity contribution >= 4 is 45.4 Å². The monoisotopic (exact) mass is 362 g/mol. The van der Waals surface area contributed by atoms with E-state index >= 15 is 0 Å². The smallest absolute Gasteiger partial charge is 0.277 e. The van der Waals surface area contributed by atoms with Gasteiger partial charge in [-0.2, -0.15) is 0 Å². The summed E-state index contributed by atoms with van der Waals surface area (Å²) in [5, 5.41) is 5.80. The lowest BCUT2D eigenvalue weighted by molar-refractivity contribution is -0.135. The predicted molar refractivity (Wildman–Crippen MR) is 104 cm³/mol. The molecule has 0 unspecified atom stereocenters. The zero-order valence-electron chi connectivity index (χ0n) is 14.0. The van der Waals surface area contributed by atoms with Crippen molar-refractivity contribution in [1.82, 2.24) is 4.90 Å². The van der Waals surface area contributed by atoms with Gasteiger partial charge in [-0.3, -0.25) is 14.5 Å². The Morgan fingerprint density at radius 2 is 1.54 bits per heavy atom. The average Bonchev–Trinajstić information content (AvgIpc) is 2.87. The molecule has 4 rings (SSSR count). The summed E-state index contributed by atoms with van der Waals surface area (Å²) in [6, 6.07) is 20.6. The number of nitrogens with one attached hydrogen (secondary N) is 1. The van der Waals surface area contributed by atoms with Crippen LogP contribution >= 0.6 is 11.6 Å². The SMILES string of the molecule is CN1C(=O)C(Nc2cccc3ccccc23)=C(c2ccc(Cl)cc2)C1=O. The van der Waals surface area contributed by atoms with Gasteiger partial charge in [0.2, 0.25) is 0 Å². The molecule has 0 fully saturated rings. The van der Waals surface area contributed by atoms with Crippen molar-refractivity contribution in [2.45, 2.75) is 0 Å². The molecule has 1 aliphatic heterocycles. The number of likely N-dealkylation sites (N-methyl/N-ethyl adjacent to an activating group) is 1. The van der Waals surface area contributed by atoms with E-state index in [4.69, 9.17) is 11.6 Å². The van der Waals surface area contributed by atoms with Gasteiger partial charge in [0.1, 0.15) is 5.70 Å². The van der Waals surface area contributed by atoms with E-state index in [2.05, 4.69) is 5.32 Å². The molecule has 1 aliphatic rings. The minimum Gasteiger partial charge on any atom is -0.350 e. The lowest BCUT2D eigenvalue weighted by atomic mass is 10.0. The molecular formula is C21H15ClN2O2. The number of nitrogens with zero attached hydrogens (tertiary/aromatic N) is 1. The first-order valence-corrected chi connectivity index (χ1v) is 8.51. The number of carbonyl (C=O) groups is 2. The minimum atomic E-state index is -0.354. The number of amides is 2. The topological polar surface area (TPSA) is 49.4 Å². The van der Waals surface area contributed by atoms with Crippen LogP contribution in [0.4, 0.5) is 5.69 Å². The minimum absolute atomic E-state index is 0.274. The molecule has 2 amide bonds. The van der Waals surface area contributed by atoms with E-state index in [-0.39, 0.29) is 17.5 Å². The van der Waals surface area contributed by atoms with Crippen molar-refractivity contribution in [2.24, 2.45) is 0 Å². The van der Waals surface area contributed by atoms with E-state index in [0.717, 1.165) is 21.4 Å². The largest absolute Gasteiger partial charge is 0.350 e. The van der Waals surface area contributed by atoms with E-state index in [1.807, 2.05) is 42.5 Å². The molecule has 26 heavy (non-hydrogen) atoms. The van der Waals surface area contributed by atoms with Gasteiger partial charge in [0, 0.05) is 23.1 Å². The summed E-state index contributed by atoms with van der Waals surface area (Å²) in [4.78, 5) is 26.4. The Hall–Kier alpha value is -3.11. The fourth-order valence-corrected chi connectivity index (χ4v) is 3.24. The Balaban J connectivity index is 1.86. The van der Waals surface area contributed by atoms with Crippen LogP contribution in [0.15, 0.2) is 72.4 Å². The van der Waals surface area contributed by atoms with E-state index in [9.17, 15) is 9.59 Å². The van der Waals surface area contributed by atoms with Crippen molar-refractivity contribution in [3.05, 3.63) is 83.0 Å². The first kappa shape index (κ1) is 16.4. The fraction of sp³-hybridized carbons (Fsp3) is 0.0476. The second kappa shape index (κ2) is 6.32. The predicted octanol–water partition coefficient (Wildman–Crippen LogP) is 4.32. The molecule has 0 radical (unpaired) electrons. The quantitative estimate of drug-likeness (QED) is 0.706. The van der Waals surface area contributed by atoms with Crippen molar-refractivity contribution < 1.29 is 9.59 Å². The molecule has 0 aromatic heterocycles. The Morgan fingerprint density at radius 3 is 2.31 bits per heavy atom. The highest BCUT2D eigenvalue weighted by Gasteiger charge is 2.36. The van der Waals surface area contributed by atoms with Crippen LogP contribution < -0.4 is 5.32 Å². The molecule has 5 heteroatoms. The molecule has 4 nitrogen and oxygen atoms in total. The van der Waals surface area contributed by atoms with E-state index in [1.165, 1.54) is 7.05 Å². The normalized spacial score (nSPS) is 14.5. The summed E-state index contributed by atoms with van der Waals surface area (Å²) < 4.78 is 0. The molecule has 3 aromatic carbocycles. The van der Waals surface area contributed by atoms with Gasteiger partial charge in [-0.05, 0) is 29.1 Å². The zero-order valence-corrected chi connectivity index (χ0v) is 14.7. The number of carbonyl (C=O) groups excluding carboxylic acids is 2. The lowest BCUT2D eigenvalue weighted by Gasteiger charge is -2.11. The second-order valence-electron chi connectivity index (χ2n) is 6.08. The second-order valence-corrected chi connectivity index (χ2v) is 6.51. The average molecular weight is 363 g/mol. The maximum atomic E-state index is 12.7. The zero-order chi connectivity index (χ0) is 18.3. The summed E-state index contributed by atoms with van der Waals surface area (Å²) >= 11 is 5.95. The van der Waals surface area contributed by atoms with Gasteiger partial charge in [0.05, 0.1) is 5.57 Å². The molecule has 0 aliphatic carbocycles. The van der Waals surface area contributed by atoms with Crippen molar-refractivity contribution in [2.75, 3.05) is 12.4 Å². The number of hydrogen-bond donors (Lipinski definition) is 1. The molecule has 0 atom stereocenters. The van der Waals surface area contributed by atoms with Gasteiger partial charge < -0.3 is 5.32 Å². The van der Waals surface area contributed by atoms with Crippen LogP contribution in [0, 0.1) is 0 Å². The third-order valence-corrected chi connectivity index (χ3v) is 4.72. The summed E-state index contributed by atoms with van der Waals surface area (Å²) in [5.74, 6) is -0.687. The van der Waals surface area contributed by atoms with Crippen LogP contribution in [0.2, 0.25) is 5.02 Å². The van der Waals surface area contributed by atoms with Crippen LogP contribution in [-0.4, -0.2) is 23.8 Å². The number of imide groups is 1. The van der Waals surface area contributed by atoms with E-state index < -0.39 is 0 Å². The third kappa shape index (κ3) is 2.65. The molecule has 128 valence electrons. The highest BCUT2D eigenvalue weighted by atomic mass is 35.5. The molecule has 0 bridgehead atoms. The molecule has 0 saturated heterocycles. The Labute approximate surface area is 155 Å². The molecule has 3 aromatic rings. The van der Waals surface area contributed by atoms with E-state index in [0.29, 0.717) is 16.2 Å². The highest BCUT2D eigenvalue weighted by molar-refractivity contribution is 6.37. The van der Waals surface area contributed by atoms with E-state index in [1.54, 1.807) is 24.3 Å². The number of fused-ring (bicyclic) bond motifs is 1. The lowest BCUT2D eigenvalue weighted by Crippen LogP contribution is -2.27. The first-order chi connectivity index (χ1) is 12.6. The highest BCUT2D eigenvalue weighted by Crippen LogP contribution is 2.32. The summed E-state index contributed by atoms with van der Waals surface area (Å²) in [6.45, 7) is 0. The molecule has 0 spiro atoms. The van der Waals surface area contributed by atoms with Crippen LogP contribution in [0.5, 0.6) is 0 Å². The summed E-state index contributed by atoms with van der Waals surface area (Å²) in [7, 11) is 1.48. The first-order valence-electron chi connectivity index (χ1n) is 8.13. The Kier molecular flexibility index (Phi) is 3.98. The summed E-state index contributed by atoms with van der Waals surface area (Å²) in [5.41, 5.74) is 2.05.